The smallest absolute Gasteiger partial charge is 0.168 e. The van der Waals surface area contributed by atoms with E-state index in [1.54, 1.807) is 12.2 Å². The van der Waals surface area contributed by atoms with Crippen molar-refractivity contribution in [3.63, 3.8) is 0 Å². The maximum atomic E-state index is 11.7. The SMILES string of the molecule is O=C1C=CC=C2N=C(Cl)C3=C(COC3)C12. The predicted molar refractivity (Wildman–Crippen MR) is 56.9 cm³/mol. The molecule has 76 valence electrons. The van der Waals surface area contributed by atoms with E-state index in [9.17, 15) is 4.79 Å². The fraction of sp³-hybridized carbons (Fsp3) is 0.273. The van der Waals surface area contributed by atoms with Crippen molar-refractivity contribution in [2.24, 2.45) is 10.9 Å². The Morgan fingerprint density at radius 2 is 2.33 bits per heavy atom. The Morgan fingerprint density at radius 3 is 3.20 bits per heavy atom. The molecule has 4 heteroatoms. The van der Waals surface area contributed by atoms with Gasteiger partial charge < -0.3 is 4.74 Å². The first-order chi connectivity index (χ1) is 7.27. The molecule has 0 aromatic carbocycles. The molecule has 0 spiro atoms. The largest absolute Gasteiger partial charge is 0.372 e. The van der Waals surface area contributed by atoms with Crippen molar-refractivity contribution in [1.82, 2.24) is 0 Å². The fourth-order valence-corrected chi connectivity index (χ4v) is 2.38. The van der Waals surface area contributed by atoms with Crippen LogP contribution in [0.3, 0.4) is 0 Å². The highest BCUT2D eigenvalue weighted by atomic mass is 35.5. The number of carbonyl (C=O) groups excluding carboxylic acids is 1. The van der Waals surface area contributed by atoms with Crippen molar-refractivity contribution >= 4 is 22.6 Å². The summed E-state index contributed by atoms with van der Waals surface area (Å²) in [6, 6.07) is 0. The summed E-state index contributed by atoms with van der Waals surface area (Å²) in [6.07, 6.45) is 5.12. The molecule has 1 atom stereocenters. The highest BCUT2D eigenvalue weighted by Crippen LogP contribution is 2.36. The highest BCUT2D eigenvalue weighted by Gasteiger charge is 2.36. The summed E-state index contributed by atoms with van der Waals surface area (Å²) in [7, 11) is 0. The average molecular weight is 222 g/mol. The van der Waals surface area contributed by atoms with Crippen LogP contribution in [-0.4, -0.2) is 24.2 Å². The number of aliphatic imine (C=N–C) groups is 1. The molecule has 3 nitrogen and oxygen atoms in total. The molecule has 0 aromatic rings. The summed E-state index contributed by atoms with van der Waals surface area (Å²) >= 11 is 6.02. The average Bonchev–Trinajstić information content (AvgIpc) is 2.66. The fourth-order valence-electron chi connectivity index (χ4n) is 2.11. The van der Waals surface area contributed by atoms with E-state index in [0.29, 0.717) is 18.4 Å². The van der Waals surface area contributed by atoms with Gasteiger partial charge in [-0.1, -0.05) is 17.7 Å². The van der Waals surface area contributed by atoms with Crippen LogP contribution in [0.15, 0.2) is 40.1 Å². The van der Waals surface area contributed by atoms with Gasteiger partial charge in [0.25, 0.3) is 0 Å². The van der Waals surface area contributed by atoms with Gasteiger partial charge in [0.1, 0.15) is 5.17 Å². The first-order valence-electron chi connectivity index (χ1n) is 4.73. The Morgan fingerprint density at radius 1 is 1.47 bits per heavy atom. The number of ketones is 1. The summed E-state index contributed by atoms with van der Waals surface area (Å²) in [5.41, 5.74) is 2.61. The van der Waals surface area contributed by atoms with Crippen LogP contribution in [0, 0.1) is 5.92 Å². The monoisotopic (exact) mass is 221 g/mol. The van der Waals surface area contributed by atoms with Crippen LogP contribution < -0.4 is 0 Å². The summed E-state index contributed by atoms with van der Waals surface area (Å²) in [5, 5.41) is 0.466. The first-order valence-corrected chi connectivity index (χ1v) is 5.11. The number of rotatable bonds is 0. The van der Waals surface area contributed by atoms with Crippen LogP contribution in [0.4, 0.5) is 0 Å². The minimum absolute atomic E-state index is 0.0680. The van der Waals surface area contributed by atoms with Gasteiger partial charge in [0.15, 0.2) is 5.78 Å². The van der Waals surface area contributed by atoms with E-state index in [1.165, 1.54) is 0 Å². The molecule has 15 heavy (non-hydrogen) atoms. The number of allylic oxidation sites excluding steroid dienone is 4. The molecule has 0 fully saturated rings. The lowest BCUT2D eigenvalue weighted by Crippen LogP contribution is -2.24. The Balaban J connectivity index is 2.16. The molecule has 0 saturated heterocycles. The Hall–Kier alpha value is -1.19. The zero-order valence-electron chi connectivity index (χ0n) is 7.87. The molecule has 1 unspecified atom stereocenters. The van der Waals surface area contributed by atoms with Crippen LogP contribution in [-0.2, 0) is 9.53 Å². The molecule has 0 amide bonds. The maximum Gasteiger partial charge on any atom is 0.168 e. The summed E-state index contributed by atoms with van der Waals surface area (Å²) < 4.78 is 5.32. The van der Waals surface area contributed by atoms with Crippen LogP contribution in [0.5, 0.6) is 0 Å². The molecule has 3 aliphatic rings. The lowest BCUT2D eigenvalue weighted by atomic mass is 9.85. The topological polar surface area (TPSA) is 38.7 Å². The summed E-state index contributed by atoms with van der Waals surface area (Å²) in [6.45, 7) is 0.959. The van der Waals surface area contributed by atoms with Crippen LogP contribution in [0.2, 0.25) is 0 Å². The third kappa shape index (κ3) is 1.24. The number of fused-ring (bicyclic) bond motifs is 2. The molecular formula is C11H8ClNO2. The Bertz CT molecular complexity index is 471. The lowest BCUT2D eigenvalue weighted by molar-refractivity contribution is -0.116. The van der Waals surface area contributed by atoms with Gasteiger partial charge >= 0.3 is 0 Å². The molecule has 3 rings (SSSR count). The molecule has 0 radical (unpaired) electrons. The van der Waals surface area contributed by atoms with E-state index in [2.05, 4.69) is 4.99 Å². The highest BCUT2D eigenvalue weighted by molar-refractivity contribution is 6.70. The molecule has 1 aliphatic carbocycles. The number of carbonyl (C=O) groups is 1. The van der Waals surface area contributed by atoms with Crippen molar-refractivity contribution < 1.29 is 9.53 Å². The van der Waals surface area contributed by atoms with E-state index in [1.807, 2.05) is 6.08 Å². The second kappa shape index (κ2) is 3.15. The van der Waals surface area contributed by atoms with Gasteiger partial charge in [0.2, 0.25) is 0 Å². The van der Waals surface area contributed by atoms with Crippen molar-refractivity contribution in [3.8, 4) is 0 Å². The first kappa shape index (κ1) is 9.07. The van der Waals surface area contributed by atoms with E-state index in [4.69, 9.17) is 16.3 Å². The second-order valence-corrected chi connectivity index (χ2v) is 4.04. The standard InChI is InChI=1S/C11H8ClNO2/c12-11-7-5-15-4-6(7)10-8(13-11)2-1-3-9(10)14/h1-3,10H,4-5H2. The molecule has 0 N–H and O–H groups in total. The van der Waals surface area contributed by atoms with Gasteiger partial charge in [-0.3, -0.25) is 4.79 Å². The number of halogens is 1. The quantitative estimate of drug-likeness (QED) is 0.623. The van der Waals surface area contributed by atoms with Crippen LogP contribution in [0.1, 0.15) is 0 Å². The zero-order valence-corrected chi connectivity index (χ0v) is 8.62. The van der Waals surface area contributed by atoms with Gasteiger partial charge in [-0.15, -0.1) is 0 Å². The number of ether oxygens (including phenoxy) is 1. The number of dihydropyridines is 1. The number of nitrogens with zero attached hydrogens (tertiary/aromatic N) is 1. The van der Waals surface area contributed by atoms with Gasteiger partial charge in [0, 0.05) is 5.57 Å². The van der Waals surface area contributed by atoms with Gasteiger partial charge in [0.05, 0.1) is 24.8 Å². The van der Waals surface area contributed by atoms with Gasteiger partial charge in [-0.25, -0.2) is 4.99 Å². The molecular weight excluding hydrogens is 214 g/mol. The van der Waals surface area contributed by atoms with E-state index in [-0.39, 0.29) is 11.7 Å². The van der Waals surface area contributed by atoms with Crippen molar-refractivity contribution in [2.75, 3.05) is 13.2 Å². The third-order valence-electron chi connectivity index (χ3n) is 2.82. The maximum absolute atomic E-state index is 11.7. The molecule has 2 aliphatic heterocycles. The Kier molecular flexibility index (Phi) is 1.90. The van der Waals surface area contributed by atoms with Crippen LogP contribution in [0.25, 0.3) is 0 Å². The lowest BCUT2D eigenvalue weighted by Gasteiger charge is -2.23. The Labute approximate surface area is 91.8 Å². The number of hydrogen-bond donors (Lipinski definition) is 0. The van der Waals surface area contributed by atoms with Crippen molar-refractivity contribution in [1.29, 1.82) is 0 Å². The van der Waals surface area contributed by atoms with Crippen molar-refractivity contribution in [2.45, 2.75) is 0 Å². The zero-order chi connectivity index (χ0) is 10.4. The normalized spacial score (nSPS) is 28.6. The third-order valence-corrected chi connectivity index (χ3v) is 3.14. The minimum atomic E-state index is -0.255. The van der Waals surface area contributed by atoms with Crippen LogP contribution >= 0.6 is 11.6 Å². The summed E-state index contributed by atoms with van der Waals surface area (Å²) in [4.78, 5) is 16.0. The van der Waals surface area contributed by atoms with E-state index >= 15 is 0 Å². The summed E-state index contributed by atoms with van der Waals surface area (Å²) in [5.74, 6) is -0.187. The van der Waals surface area contributed by atoms with Crippen molar-refractivity contribution in [3.05, 3.63) is 35.1 Å². The predicted octanol–water partition coefficient (Wildman–Crippen LogP) is 1.60. The van der Waals surface area contributed by atoms with Gasteiger partial charge in [-0.05, 0) is 17.7 Å². The number of hydrogen-bond acceptors (Lipinski definition) is 3. The van der Waals surface area contributed by atoms with E-state index < -0.39 is 0 Å². The minimum Gasteiger partial charge on any atom is -0.372 e. The second-order valence-electron chi connectivity index (χ2n) is 3.69. The molecule has 0 saturated carbocycles. The molecule has 0 aromatic heterocycles. The van der Waals surface area contributed by atoms with Gasteiger partial charge in [-0.2, -0.15) is 0 Å². The molecule has 0 bridgehead atoms. The van der Waals surface area contributed by atoms with E-state index in [0.717, 1.165) is 16.8 Å². The molecule has 2 heterocycles.